The summed E-state index contributed by atoms with van der Waals surface area (Å²) in [6.45, 7) is 3.52. The average molecular weight is 280 g/mol. The number of benzene rings is 1. The first-order valence-electron chi connectivity index (χ1n) is 7.01. The number of nitrogens with one attached hydrogen (secondary N) is 2. The van der Waals surface area contributed by atoms with E-state index in [1.54, 1.807) is 12.1 Å². The number of carbonyl (C=O) groups excluding carboxylic acids is 1. The minimum atomic E-state index is -0.271. The molecule has 110 valence electrons. The Balaban J connectivity index is 1.66. The molecule has 5 heteroatoms. The Morgan fingerprint density at radius 2 is 2.20 bits per heavy atom. The van der Waals surface area contributed by atoms with Gasteiger partial charge in [-0.25, -0.2) is 4.39 Å². The fraction of sp³-hybridized carbons (Fsp3) is 0.533. The summed E-state index contributed by atoms with van der Waals surface area (Å²) in [7, 11) is 0. The second-order valence-electron chi connectivity index (χ2n) is 5.12. The van der Waals surface area contributed by atoms with Crippen LogP contribution in [0.3, 0.4) is 0 Å². The van der Waals surface area contributed by atoms with E-state index >= 15 is 0 Å². The SMILES string of the molecule is C[C@@H](NCC(=O)NCc1ccc(F)cc1)[C@H]1CCCO1. The molecule has 1 aliphatic heterocycles. The van der Waals surface area contributed by atoms with Gasteiger partial charge in [0.1, 0.15) is 5.82 Å². The third kappa shape index (κ3) is 4.58. The number of hydrogen-bond acceptors (Lipinski definition) is 3. The number of amides is 1. The van der Waals surface area contributed by atoms with Crippen LogP contribution >= 0.6 is 0 Å². The molecule has 0 bridgehead atoms. The lowest BCUT2D eigenvalue weighted by atomic mass is 10.1. The van der Waals surface area contributed by atoms with Crippen LogP contribution in [0.25, 0.3) is 0 Å². The molecule has 1 fully saturated rings. The summed E-state index contributed by atoms with van der Waals surface area (Å²) in [5, 5.41) is 5.97. The van der Waals surface area contributed by atoms with Crippen LogP contribution in [-0.2, 0) is 16.1 Å². The van der Waals surface area contributed by atoms with Crippen molar-refractivity contribution in [1.82, 2.24) is 10.6 Å². The number of hydrogen-bond donors (Lipinski definition) is 2. The van der Waals surface area contributed by atoms with Crippen LogP contribution < -0.4 is 10.6 Å². The molecule has 2 N–H and O–H groups in total. The summed E-state index contributed by atoms with van der Waals surface area (Å²) in [5.74, 6) is -0.341. The first kappa shape index (κ1) is 14.9. The second-order valence-corrected chi connectivity index (χ2v) is 5.12. The van der Waals surface area contributed by atoms with E-state index in [-0.39, 0.29) is 30.4 Å². The van der Waals surface area contributed by atoms with Crippen LogP contribution in [0.15, 0.2) is 24.3 Å². The molecule has 1 aliphatic rings. The van der Waals surface area contributed by atoms with Crippen LogP contribution in [0.4, 0.5) is 4.39 Å². The average Bonchev–Trinajstić information content (AvgIpc) is 2.98. The van der Waals surface area contributed by atoms with Crippen molar-refractivity contribution in [2.75, 3.05) is 13.2 Å². The Morgan fingerprint density at radius 1 is 1.45 bits per heavy atom. The molecule has 0 aromatic heterocycles. The lowest BCUT2D eigenvalue weighted by molar-refractivity contribution is -0.120. The molecular weight excluding hydrogens is 259 g/mol. The molecule has 2 rings (SSSR count). The fourth-order valence-electron chi connectivity index (χ4n) is 2.25. The molecule has 0 radical (unpaired) electrons. The second kappa shape index (κ2) is 7.36. The predicted molar refractivity (Wildman–Crippen MR) is 74.7 cm³/mol. The highest BCUT2D eigenvalue weighted by atomic mass is 19.1. The molecule has 0 spiro atoms. The van der Waals surface area contributed by atoms with Gasteiger partial charge < -0.3 is 15.4 Å². The van der Waals surface area contributed by atoms with E-state index in [0.29, 0.717) is 6.54 Å². The van der Waals surface area contributed by atoms with Crippen molar-refractivity contribution in [3.63, 3.8) is 0 Å². The third-order valence-electron chi connectivity index (χ3n) is 3.51. The molecule has 2 atom stereocenters. The van der Waals surface area contributed by atoms with E-state index in [9.17, 15) is 9.18 Å². The van der Waals surface area contributed by atoms with E-state index in [0.717, 1.165) is 25.0 Å². The Bertz CT molecular complexity index is 430. The molecule has 20 heavy (non-hydrogen) atoms. The van der Waals surface area contributed by atoms with Crippen LogP contribution in [-0.4, -0.2) is 31.2 Å². The highest BCUT2D eigenvalue weighted by Gasteiger charge is 2.22. The van der Waals surface area contributed by atoms with Gasteiger partial charge in [-0.1, -0.05) is 12.1 Å². The molecule has 0 saturated carbocycles. The number of rotatable bonds is 6. The maximum Gasteiger partial charge on any atom is 0.234 e. The van der Waals surface area contributed by atoms with Crippen LogP contribution in [0.5, 0.6) is 0 Å². The zero-order valence-electron chi connectivity index (χ0n) is 11.7. The van der Waals surface area contributed by atoms with Gasteiger partial charge in [0, 0.05) is 19.2 Å². The largest absolute Gasteiger partial charge is 0.377 e. The predicted octanol–water partition coefficient (Wildman–Crippen LogP) is 1.60. The molecule has 0 aliphatic carbocycles. The lowest BCUT2D eigenvalue weighted by Crippen LogP contribution is -2.42. The summed E-state index contributed by atoms with van der Waals surface area (Å²) in [6, 6.07) is 6.28. The lowest BCUT2D eigenvalue weighted by Gasteiger charge is -2.19. The number of carbonyl (C=O) groups is 1. The van der Waals surface area contributed by atoms with Gasteiger partial charge in [-0.05, 0) is 37.5 Å². The Morgan fingerprint density at radius 3 is 2.85 bits per heavy atom. The standard InChI is InChI=1S/C15H21FN2O2/c1-11(14-3-2-8-20-14)17-10-15(19)18-9-12-4-6-13(16)7-5-12/h4-7,11,14,17H,2-3,8-10H2,1H3,(H,18,19)/t11-,14-/m1/s1. The minimum absolute atomic E-state index is 0.0702. The number of ether oxygens (including phenoxy) is 1. The summed E-state index contributed by atoms with van der Waals surface area (Å²) in [5.41, 5.74) is 0.881. The summed E-state index contributed by atoms with van der Waals surface area (Å²) >= 11 is 0. The number of halogens is 1. The molecule has 4 nitrogen and oxygen atoms in total. The quantitative estimate of drug-likeness (QED) is 0.832. The minimum Gasteiger partial charge on any atom is -0.377 e. The summed E-state index contributed by atoms with van der Waals surface area (Å²) < 4.78 is 18.3. The molecule has 0 unspecified atom stereocenters. The van der Waals surface area contributed by atoms with Gasteiger partial charge in [0.15, 0.2) is 0 Å². The van der Waals surface area contributed by atoms with Gasteiger partial charge in [0.2, 0.25) is 5.91 Å². The van der Waals surface area contributed by atoms with E-state index in [2.05, 4.69) is 10.6 Å². The van der Waals surface area contributed by atoms with Gasteiger partial charge in [-0.2, -0.15) is 0 Å². The normalized spacial score (nSPS) is 19.8. The zero-order chi connectivity index (χ0) is 14.4. The Kier molecular flexibility index (Phi) is 5.49. The van der Waals surface area contributed by atoms with Crippen LogP contribution in [0, 0.1) is 5.82 Å². The van der Waals surface area contributed by atoms with Crippen molar-refractivity contribution in [3.05, 3.63) is 35.6 Å². The Hall–Kier alpha value is -1.46. The van der Waals surface area contributed by atoms with Crippen LogP contribution in [0.2, 0.25) is 0 Å². The van der Waals surface area contributed by atoms with Crippen molar-refractivity contribution in [3.8, 4) is 0 Å². The highest BCUT2D eigenvalue weighted by Crippen LogP contribution is 2.15. The first-order chi connectivity index (χ1) is 9.65. The molecule has 1 saturated heterocycles. The summed E-state index contributed by atoms with van der Waals surface area (Å²) in [4.78, 5) is 11.7. The van der Waals surface area contributed by atoms with Crippen molar-refractivity contribution >= 4 is 5.91 Å². The van der Waals surface area contributed by atoms with Gasteiger partial charge in [-0.3, -0.25) is 4.79 Å². The first-order valence-corrected chi connectivity index (χ1v) is 7.01. The van der Waals surface area contributed by atoms with Gasteiger partial charge in [-0.15, -0.1) is 0 Å². The maximum atomic E-state index is 12.7. The van der Waals surface area contributed by atoms with Crippen molar-refractivity contribution < 1.29 is 13.9 Å². The van der Waals surface area contributed by atoms with Crippen molar-refractivity contribution in [2.45, 2.75) is 38.5 Å². The van der Waals surface area contributed by atoms with Crippen molar-refractivity contribution in [2.24, 2.45) is 0 Å². The summed E-state index contributed by atoms with van der Waals surface area (Å²) in [6.07, 6.45) is 2.35. The topological polar surface area (TPSA) is 50.4 Å². The zero-order valence-corrected chi connectivity index (χ0v) is 11.7. The van der Waals surface area contributed by atoms with Crippen LogP contribution in [0.1, 0.15) is 25.3 Å². The molecule has 1 aromatic rings. The fourth-order valence-corrected chi connectivity index (χ4v) is 2.25. The maximum absolute atomic E-state index is 12.7. The molecule has 1 heterocycles. The van der Waals surface area contributed by atoms with Gasteiger partial charge >= 0.3 is 0 Å². The van der Waals surface area contributed by atoms with Crippen molar-refractivity contribution in [1.29, 1.82) is 0 Å². The Labute approximate surface area is 118 Å². The van der Waals surface area contributed by atoms with E-state index < -0.39 is 0 Å². The van der Waals surface area contributed by atoms with E-state index in [4.69, 9.17) is 4.74 Å². The monoisotopic (exact) mass is 280 g/mol. The van der Waals surface area contributed by atoms with E-state index in [1.165, 1.54) is 12.1 Å². The third-order valence-corrected chi connectivity index (χ3v) is 3.51. The molecular formula is C15H21FN2O2. The van der Waals surface area contributed by atoms with E-state index in [1.807, 2.05) is 6.92 Å². The molecule has 1 aromatic carbocycles. The highest BCUT2D eigenvalue weighted by molar-refractivity contribution is 5.78. The molecule has 1 amide bonds. The van der Waals surface area contributed by atoms with Gasteiger partial charge in [0.05, 0.1) is 12.6 Å². The smallest absolute Gasteiger partial charge is 0.234 e. The van der Waals surface area contributed by atoms with Gasteiger partial charge in [0.25, 0.3) is 0 Å².